The molecule has 1 N–H and O–H groups in total. The Kier molecular flexibility index (Phi) is 7.48. The number of anilines is 1. The number of methoxy groups -OCH3 is 1. The molecular formula is C22H23ClN2O3. The highest BCUT2D eigenvalue weighted by molar-refractivity contribution is 6.32. The highest BCUT2D eigenvalue weighted by Gasteiger charge is 2.16. The van der Waals surface area contributed by atoms with E-state index in [9.17, 15) is 10.1 Å². The third kappa shape index (κ3) is 5.51. The van der Waals surface area contributed by atoms with Crippen molar-refractivity contribution in [2.45, 2.75) is 33.3 Å². The average Bonchev–Trinajstić information content (AvgIpc) is 2.67. The maximum absolute atomic E-state index is 12.5. The minimum Gasteiger partial charge on any atom is -0.493 e. The number of ether oxygens (including phenoxy) is 2. The zero-order chi connectivity index (χ0) is 20.7. The van der Waals surface area contributed by atoms with Gasteiger partial charge in [0.2, 0.25) is 0 Å². The maximum Gasteiger partial charge on any atom is 0.266 e. The van der Waals surface area contributed by atoms with Crippen LogP contribution in [0.5, 0.6) is 11.5 Å². The highest BCUT2D eigenvalue weighted by atomic mass is 35.5. The quantitative estimate of drug-likeness (QED) is 0.502. The number of nitrogens with one attached hydrogen (secondary N) is 1. The largest absolute Gasteiger partial charge is 0.493 e. The number of amides is 1. The van der Waals surface area contributed by atoms with Crippen molar-refractivity contribution >= 4 is 29.3 Å². The second-order valence-corrected chi connectivity index (χ2v) is 6.77. The van der Waals surface area contributed by atoms with Crippen LogP contribution in [0, 0.1) is 18.3 Å². The smallest absolute Gasteiger partial charge is 0.266 e. The number of aryl methyl sites for hydroxylation is 1. The summed E-state index contributed by atoms with van der Waals surface area (Å²) < 4.78 is 11.2. The Bertz CT molecular complexity index is 932. The van der Waals surface area contributed by atoms with Gasteiger partial charge in [0.15, 0.2) is 11.5 Å². The summed E-state index contributed by atoms with van der Waals surface area (Å²) in [5, 5.41) is 12.5. The van der Waals surface area contributed by atoms with Gasteiger partial charge in [-0.2, -0.15) is 5.26 Å². The first-order chi connectivity index (χ1) is 13.4. The van der Waals surface area contributed by atoms with Gasteiger partial charge in [-0.3, -0.25) is 4.79 Å². The summed E-state index contributed by atoms with van der Waals surface area (Å²) >= 11 is 6.35. The zero-order valence-electron chi connectivity index (χ0n) is 16.4. The molecule has 0 radical (unpaired) electrons. The number of hydrogen-bond donors (Lipinski definition) is 1. The minimum atomic E-state index is -0.497. The van der Waals surface area contributed by atoms with Crippen molar-refractivity contribution in [1.82, 2.24) is 0 Å². The van der Waals surface area contributed by atoms with Crippen LogP contribution in [0.1, 0.15) is 31.4 Å². The van der Waals surface area contributed by atoms with E-state index in [0.717, 1.165) is 12.0 Å². The van der Waals surface area contributed by atoms with Crippen molar-refractivity contribution in [2.24, 2.45) is 0 Å². The molecule has 1 amide bonds. The lowest BCUT2D eigenvalue weighted by atomic mass is 10.1. The molecule has 1 unspecified atom stereocenters. The SMILES string of the molecule is CCC(C)Oc1c(Cl)cc(C=C(C#N)C(=O)Nc2cccc(C)c2)cc1OC. The van der Waals surface area contributed by atoms with Crippen LogP contribution < -0.4 is 14.8 Å². The molecule has 5 nitrogen and oxygen atoms in total. The first kappa shape index (κ1) is 21.3. The summed E-state index contributed by atoms with van der Waals surface area (Å²) in [6.07, 6.45) is 2.26. The topological polar surface area (TPSA) is 71.3 Å². The number of halogens is 1. The van der Waals surface area contributed by atoms with Crippen LogP contribution >= 0.6 is 11.6 Å². The van der Waals surface area contributed by atoms with Crippen LogP contribution in [-0.2, 0) is 4.79 Å². The van der Waals surface area contributed by atoms with E-state index in [0.29, 0.717) is 27.8 Å². The molecule has 2 aromatic carbocycles. The molecule has 0 bridgehead atoms. The standard InChI is InChI=1S/C22H23ClN2O3/c1-5-15(3)28-21-19(23)11-16(12-20(21)27-4)10-17(13-24)22(26)25-18-8-6-7-14(2)9-18/h6-12,15H,5H2,1-4H3,(H,25,26). The summed E-state index contributed by atoms with van der Waals surface area (Å²) in [6, 6.07) is 12.6. The van der Waals surface area contributed by atoms with E-state index in [1.807, 2.05) is 45.0 Å². The predicted molar refractivity (Wildman–Crippen MR) is 112 cm³/mol. The van der Waals surface area contributed by atoms with E-state index in [2.05, 4.69) is 5.32 Å². The molecule has 0 aromatic heterocycles. The van der Waals surface area contributed by atoms with Crippen LogP contribution in [0.3, 0.4) is 0 Å². The van der Waals surface area contributed by atoms with Gasteiger partial charge in [0.1, 0.15) is 11.6 Å². The van der Waals surface area contributed by atoms with Gasteiger partial charge < -0.3 is 14.8 Å². The van der Waals surface area contributed by atoms with E-state index in [1.165, 1.54) is 13.2 Å². The monoisotopic (exact) mass is 398 g/mol. The highest BCUT2D eigenvalue weighted by Crippen LogP contribution is 2.38. The molecule has 0 saturated heterocycles. The Morgan fingerprint density at radius 1 is 1.36 bits per heavy atom. The summed E-state index contributed by atoms with van der Waals surface area (Å²) in [6.45, 7) is 5.87. The van der Waals surface area contributed by atoms with Crippen LogP contribution in [0.25, 0.3) is 6.08 Å². The van der Waals surface area contributed by atoms with Gasteiger partial charge in [-0.25, -0.2) is 0 Å². The predicted octanol–water partition coefficient (Wildman–Crippen LogP) is 5.38. The van der Waals surface area contributed by atoms with Crippen molar-refractivity contribution in [3.05, 3.63) is 58.1 Å². The van der Waals surface area contributed by atoms with Crippen molar-refractivity contribution in [1.29, 1.82) is 5.26 Å². The van der Waals surface area contributed by atoms with E-state index in [4.69, 9.17) is 21.1 Å². The van der Waals surface area contributed by atoms with Gasteiger partial charge in [0, 0.05) is 5.69 Å². The van der Waals surface area contributed by atoms with Crippen molar-refractivity contribution < 1.29 is 14.3 Å². The second kappa shape index (κ2) is 9.82. The molecule has 0 aliphatic heterocycles. The van der Waals surface area contributed by atoms with Gasteiger partial charge in [-0.1, -0.05) is 30.7 Å². The van der Waals surface area contributed by atoms with Gasteiger partial charge >= 0.3 is 0 Å². The first-order valence-electron chi connectivity index (χ1n) is 8.92. The Morgan fingerprint density at radius 3 is 2.71 bits per heavy atom. The van der Waals surface area contributed by atoms with E-state index >= 15 is 0 Å². The van der Waals surface area contributed by atoms with Crippen LogP contribution in [0.2, 0.25) is 5.02 Å². The normalized spacial score (nSPS) is 12.1. The van der Waals surface area contributed by atoms with Crippen molar-refractivity contribution in [3.63, 3.8) is 0 Å². The fraction of sp³-hybridized carbons (Fsp3) is 0.273. The second-order valence-electron chi connectivity index (χ2n) is 6.36. The fourth-order valence-corrected chi connectivity index (χ4v) is 2.72. The molecule has 1 atom stereocenters. The summed E-state index contributed by atoms with van der Waals surface area (Å²) in [7, 11) is 1.51. The Morgan fingerprint density at radius 2 is 2.11 bits per heavy atom. The lowest BCUT2D eigenvalue weighted by Crippen LogP contribution is -2.13. The van der Waals surface area contributed by atoms with Crippen LogP contribution in [-0.4, -0.2) is 19.1 Å². The third-order valence-electron chi connectivity index (χ3n) is 4.10. The molecule has 0 spiro atoms. The van der Waals surface area contributed by atoms with E-state index in [-0.39, 0.29) is 11.7 Å². The molecule has 0 fully saturated rings. The Hall–Kier alpha value is -2.97. The van der Waals surface area contributed by atoms with E-state index in [1.54, 1.807) is 18.2 Å². The fourth-order valence-electron chi connectivity index (χ4n) is 2.46. The Balaban J connectivity index is 2.31. The molecule has 6 heteroatoms. The lowest BCUT2D eigenvalue weighted by Gasteiger charge is -2.17. The lowest BCUT2D eigenvalue weighted by molar-refractivity contribution is -0.112. The third-order valence-corrected chi connectivity index (χ3v) is 4.38. The number of hydrogen-bond acceptors (Lipinski definition) is 4. The molecule has 146 valence electrons. The summed E-state index contributed by atoms with van der Waals surface area (Å²) in [5.74, 6) is 0.386. The number of carbonyl (C=O) groups excluding carboxylic acids is 1. The molecular weight excluding hydrogens is 376 g/mol. The van der Waals surface area contributed by atoms with E-state index < -0.39 is 5.91 Å². The van der Waals surface area contributed by atoms with Crippen LogP contribution in [0.4, 0.5) is 5.69 Å². The molecule has 2 rings (SSSR count). The van der Waals surface area contributed by atoms with Gasteiger partial charge in [0.25, 0.3) is 5.91 Å². The van der Waals surface area contributed by atoms with Crippen molar-refractivity contribution in [2.75, 3.05) is 12.4 Å². The number of benzene rings is 2. The average molecular weight is 399 g/mol. The molecule has 0 saturated carbocycles. The number of nitriles is 1. The van der Waals surface area contributed by atoms with Gasteiger partial charge in [-0.15, -0.1) is 0 Å². The molecule has 28 heavy (non-hydrogen) atoms. The minimum absolute atomic E-state index is 0.0254. The zero-order valence-corrected chi connectivity index (χ0v) is 17.1. The Labute approximate surface area is 170 Å². The summed E-state index contributed by atoms with van der Waals surface area (Å²) in [5.41, 5.74) is 2.15. The molecule has 2 aromatic rings. The molecule has 0 aliphatic rings. The summed E-state index contributed by atoms with van der Waals surface area (Å²) in [4.78, 5) is 12.5. The molecule has 0 aliphatic carbocycles. The number of rotatable bonds is 7. The number of nitrogens with zero attached hydrogens (tertiary/aromatic N) is 1. The number of carbonyl (C=O) groups is 1. The van der Waals surface area contributed by atoms with Crippen molar-refractivity contribution in [3.8, 4) is 17.6 Å². The first-order valence-corrected chi connectivity index (χ1v) is 9.29. The molecule has 0 heterocycles. The van der Waals surface area contributed by atoms with Crippen LogP contribution in [0.15, 0.2) is 42.0 Å². The maximum atomic E-state index is 12.5. The van der Waals surface area contributed by atoms with Gasteiger partial charge in [0.05, 0.1) is 18.2 Å². The van der Waals surface area contributed by atoms with Gasteiger partial charge in [-0.05, 0) is 61.7 Å².